The molecule has 0 aliphatic heterocycles. The molecule has 0 amide bonds. The van der Waals surface area contributed by atoms with Crippen molar-refractivity contribution in [3.8, 4) is 11.1 Å². The number of aromatic amines is 1. The summed E-state index contributed by atoms with van der Waals surface area (Å²) >= 11 is 1.49. The largest absolute Gasteiger partial charge is 0.343 e. The van der Waals surface area contributed by atoms with Crippen LogP contribution in [0.15, 0.2) is 40.3 Å². The molecule has 0 fully saturated rings. The molecule has 3 aromatic rings. The molecule has 3 aromatic heterocycles. The van der Waals surface area contributed by atoms with E-state index in [1.54, 1.807) is 6.20 Å². The molecule has 10 heteroatoms. The van der Waals surface area contributed by atoms with Gasteiger partial charge in [-0.25, -0.2) is 9.89 Å². The molecule has 0 aliphatic carbocycles. The lowest BCUT2D eigenvalue weighted by Gasteiger charge is -2.05. The average molecular weight is 394 g/mol. The molecule has 0 saturated carbocycles. The number of nitrogens with one attached hydrogen (secondary N) is 1. The number of aromatic nitrogens is 5. The predicted molar refractivity (Wildman–Crippen MR) is 99.9 cm³/mol. The maximum atomic E-state index is 12.9. The van der Waals surface area contributed by atoms with E-state index in [-0.39, 0.29) is 36.9 Å². The SMILES string of the molecule is CC(C)n1cc(-c2csc(Cn3c(CC(CN)=C(F)F)n[nH]c3=O)c2)cn1. The van der Waals surface area contributed by atoms with Gasteiger partial charge in [-0.1, -0.05) is 0 Å². The van der Waals surface area contributed by atoms with Gasteiger partial charge < -0.3 is 5.73 Å². The maximum Gasteiger partial charge on any atom is 0.343 e. The summed E-state index contributed by atoms with van der Waals surface area (Å²) in [6.45, 7) is 4.06. The lowest BCUT2D eigenvalue weighted by atomic mass is 10.2. The van der Waals surface area contributed by atoms with Crippen LogP contribution < -0.4 is 11.4 Å². The summed E-state index contributed by atoms with van der Waals surface area (Å²) in [5.74, 6) is 0.232. The van der Waals surface area contributed by atoms with E-state index in [0.29, 0.717) is 0 Å². The quantitative estimate of drug-likeness (QED) is 0.644. The van der Waals surface area contributed by atoms with Crippen LogP contribution >= 0.6 is 11.3 Å². The molecular formula is C17H20F2N6OS. The van der Waals surface area contributed by atoms with Crippen LogP contribution in [0.5, 0.6) is 0 Å². The predicted octanol–water partition coefficient (Wildman–Crippen LogP) is 2.78. The summed E-state index contributed by atoms with van der Waals surface area (Å²) < 4.78 is 29.0. The molecule has 0 saturated heterocycles. The number of nitrogens with two attached hydrogens (primary N) is 1. The van der Waals surface area contributed by atoms with Gasteiger partial charge in [0.1, 0.15) is 5.82 Å². The number of H-pyrrole nitrogens is 1. The Morgan fingerprint density at radius 2 is 2.15 bits per heavy atom. The summed E-state index contributed by atoms with van der Waals surface area (Å²) in [5.41, 5.74) is 6.66. The van der Waals surface area contributed by atoms with Crippen molar-refractivity contribution in [3.05, 3.63) is 56.7 Å². The molecule has 3 rings (SSSR count). The Labute approximate surface area is 158 Å². The van der Waals surface area contributed by atoms with Gasteiger partial charge in [0.15, 0.2) is 0 Å². The fourth-order valence-electron chi connectivity index (χ4n) is 2.60. The number of nitrogens with zero attached hydrogens (tertiary/aromatic N) is 4. The normalized spacial score (nSPS) is 11.3. The summed E-state index contributed by atoms with van der Waals surface area (Å²) in [4.78, 5) is 12.9. The van der Waals surface area contributed by atoms with Crippen LogP contribution in [0.4, 0.5) is 8.78 Å². The molecule has 0 radical (unpaired) electrons. The summed E-state index contributed by atoms with van der Waals surface area (Å²) in [6, 6.07) is 2.23. The van der Waals surface area contributed by atoms with Gasteiger partial charge in [-0.05, 0) is 30.9 Å². The van der Waals surface area contributed by atoms with Crippen molar-refractivity contribution < 1.29 is 8.78 Å². The molecule has 7 nitrogen and oxygen atoms in total. The number of halogens is 2. The van der Waals surface area contributed by atoms with Crippen molar-refractivity contribution in [3.63, 3.8) is 0 Å². The van der Waals surface area contributed by atoms with Gasteiger partial charge in [-0.15, -0.1) is 11.3 Å². The third-order valence-electron chi connectivity index (χ3n) is 4.15. The van der Waals surface area contributed by atoms with Crippen LogP contribution in [-0.4, -0.2) is 31.1 Å². The van der Waals surface area contributed by atoms with Crippen LogP contribution in [-0.2, 0) is 13.0 Å². The van der Waals surface area contributed by atoms with E-state index in [1.165, 1.54) is 15.9 Å². The van der Waals surface area contributed by atoms with Crippen molar-refractivity contribution >= 4 is 11.3 Å². The Bertz CT molecular complexity index is 1010. The van der Waals surface area contributed by atoms with Crippen molar-refractivity contribution in [1.82, 2.24) is 24.5 Å². The second kappa shape index (κ2) is 7.97. The highest BCUT2D eigenvalue weighted by atomic mass is 32.1. The minimum absolute atomic E-state index is 0.170. The highest BCUT2D eigenvalue weighted by Crippen LogP contribution is 2.26. The molecule has 144 valence electrons. The summed E-state index contributed by atoms with van der Waals surface area (Å²) in [7, 11) is 0. The van der Waals surface area contributed by atoms with E-state index in [0.717, 1.165) is 16.0 Å². The van der Waals surface area contributed by atoms with E-state index < -0.39 is 11.8 Å². The Morgan fingerprint density at radius 3 is 2.78 bits per heavy atom. The fraction of sp³-hybridized carbons (Fsp3) is 0.353. The highest BCUT2D eigenvalue weighted by molar-refractivity contribution is 7.10. The average Bonchev–Trinajstić information content (AvgIpc) is 3.34. The van der Waals surface area contributed by atoms with Gasteiger partial charge in [0.25, 0.3) is 6.08 Å². The highest BCUT2D eigenvalue weighted by Gasteiger charge is 2.15. The first-order chi connectivity index (χ1) is 12.9. The minimum Gasteiger partial charge on any atom is -0.327 e. The number of thiophene rings is 1. The second-order valence-electron chi connectivity index (χ2n) is 6.38. The first kappa shape index (κ1) is 19.2. The standard InChI is InChI=1S/C17H20F2N6OS/c1-10(2)25-7-13(6-21-25)12-3-14(27-9-12)8-24-15(22-23-17(24)26)4-11(5-20)16(18)19/h3,6-7,9-10H,4-5,8,20H2,1-2H3,(H,23,26). The Balaban J connectivity index is 1.82. The molecule has 0 bridgehead atoms. The molecule has 0 unspecified atom stereocenters. The smallest absolute Gasteiger partial charge is 0.327 e. The molecule has 0 aromatic carbocycles. The van der Waals surface area contributed by atoms with Crippen LogP contribution in [0, 0.1) is 0 Å². The lowest BCUT2D eigenvalue weighted by molar-refractivity contribution is 0.407. The van der Waals surface area contributed by atoms with Gasteiger partial charge in [0.2, 0.25) is 0 Å². The van der Waals surface area contributed by atoms with Gasteiger partial charge in [0.05, 0.1) is 12.7 Å². The van der Waals surface area contributed by atoms with Gasteiger partial charge in [0, 0.05) is 41.2 Å². The van der Waals surface area contributed by atoms with E-state index in [9.17, 15) is 13.6 Å². The summed E-state index contributed by atoms with van der Waals surface area (Å²) in [5, 5.41) is 12.5. The van der Waals surface area contributed by atoms with E-state index in [2.05, 4.69) is 15.3 Å². The van der Waals surface area contributed by atoms with Gasteiger partial charge in [-0.3, -0.25) is 9.25 Å². The van der Waals surface area contributed by atoms with Crippen molar-refractivity contribution in [2.75, 3.05) is 6.54 Å². The first-order valence-corrected chi connectivity index (χ1v) is 9.26. The molecule has 3 N–H and O–H groups in total. The topological polar surface area (TPSA) is 94.5 Å². The Morgan fingerprint density at radius 1 is 1.37 bits per heavy atom. The zero-order valence-electron chi connectivity index (χ0n) is 14.9. The van der Waals surface area contributed by atoms with E-state index in [1.807, 2.05) is 36.2 Å². The molecular weight excluding hydrogens is 374 g/mol. The zero-order valence-corrected chi connectivity index (χ0v) is 15.8. The van der Waals surface area contributed by atoms with Crippen LogP contribution in [0.3, 0.4) is 0 Å². The Kier molecular flexibility index (Phi) is 5.66. The van der Waals surface area contributed by atoms with Crippen LogP contribution in [0.25, 0.3) is 11.1 Å². The van der Waals surface area contributed by atoms with E-state index >= 15 is 0 Å². The summed E-state index contributed by atoms with van der Waals surface area (Å²) in [6.07, 6.45) is 1.76. The zero-order chi connectivity index (χ0) is 19.6. The molecule has 0 aliphatic rings. The van der Waals surface area contributed by atoms with Crippen molar-refractivity contribution in [1.29, 1.82) is 0 Å². The molecule has 0 atom stereocenters. The third kappa shape index (κ3) is 4.22. The fourth-order valence-corrected chi connectivity index (χ4v) is 3.48. The maximum absolute atomic E-state index is 12.9. The third-order valence-corrected chi connectivity index (χ3v) is 5.08. The van der Waals surface area contributed by atoms with Gasteiger partial charge >= 0.3 is 5.69 Å². The molecule has 0 spiro atoms. The minimum atomic E-state index is -1.83. The van der Waals surface area contributed by atoms with E-state index in [4.69, 9.17) is 5.73 Å². The monoisotopic (exact) mass is 394 g/mol. The van der Waals surface area contributed by atoms with Gasteiger partial charge in [-0.2, -0.15) is 19.0 Å². The second-order valence-corrected chi connectivity index (χ2v) is 7.38. The lowest BCUT2D eigenvalue weighted by Crippen LogP contribution is -2.20. The number of hydrogen-bond acceptors (Lipinski definition) is 5. The number of hydrogen-bond donors (Lipinski definition) is 2. The van der Waals surface area contributed by atoms with Crippen molar-refractivity contribution in [2.24, 2.45) is 5.73 Å². The first-order valence-electron chi connectivity index (χ1n) is 8.38. The molecule has 27 heavy (non-hydrogen) atoms. The van der Waals surface area contributed by atoms with Crippen molar-refractivity contribution in [2.45, 2.75) is 32.9 Å². The van der Waals surface area contributed by atoms with Crippen LogP contribution in [0.2, 0.25) is 0 Å². The Hall–Kier alpha value is -2.59. The van der Waals surface area contributed by atoms with Crippen LogP contribution in [0.1, 0.15) is 30.6 Å². The molecule has 3 heterocycles. The number of rotatable bonds is 7.